The summed E-state index contributed by atoms with van der Waals surface area (Å²) in [5.41, 5.74) is 2.98. The Kier molecular flexibility index (Phi) is 8.48. The number of anilines is 1. The van der Waals surface area contributed by atoms with E-state index in [4.69, 9.17) is 19.2 Å². The number of hydrogen-bond donors (Lipinski definition) is 2. The second-order valence-corrected chi connectivity index (χ2v) is 9.81. The second kappa shape index (κ2) is 12.4. The van der Waals surface area contributed by atoms with Crippen LogP contribution in [0.25, 0.3) is 11.0 Å². The number of benzene rings is 3. The Balaban J connectivity index is 1.17. The first-order valence-electron chi connectivity index (χ1n) is 13.2. The van der Waals surface area contributed by atoms with E-state index >= 15 is 0 Å². The molecule has 1 aromatic heterocycles. The zero-order valence-corrected chi connectivity index (χ0v) is 22.3. The van der Waals surface area contributed by atoms with E-state index in [1.165, 1.54) is 12.1 Å². The molecule has 1 aliphatic rings. The van der Waals surface area contributed by atoms with Gasteiger partial charge >= 0.3 is 0 Å². The lowest BCUT2D eigenvalue weighted by Crippen LogP contribution is -2.44. The van der Waals surface area contributed by atoms with Gasteiger partial charge in [0.2, 0.25) is 11.7 Å². The van der Waals surface area contributed by atoms with Gasteiger partial charge in [0.25, 0.3) is 0 Å². The van der Waals surface area contributed by atoms with Gasteiger partial charge in [-0.25, -0.2) is 9.37 Å². The zero-order valence-electron chi connectivity index (χ0n) is 22.3. The van der Waals surface area contributed by atoms with Gasteiger partial charge in [-0.05, 0) is 54.8 Å². The fraction of sp³-hybridized carbons (Fsp3) is 0.367. The molecule has 2 N–H and O–H groups in total. The van der Waals surface area contributed by atoms with Gasteiger partial charge in [0.15, 0.2) is 11.5 Å². The third-order valence-electron chi connectivity index (χ3n) is 7.10. The van der Waals surface area contributed by atoms with Gasteiger partial charge in [0.05, 0.1) is 31.8 Å². The topological polar surface area (TPSA) is 81.0 Å². The van der Waals surface area contributed by atoms with Gasteiger partial charge in [0.1, 0.15) is 18.5 Å². The number of β-amino-alcohol motifs (C(OH)–C–C–N with tert-alkyl or cyclic N) is 1. The normalized spacial score (nSPS) is 15.3. The molecule has 39 heavy (non-hydrogen) atoms. The van der Waals surface area contributed by atoms with Crippen molar-refractivity contribution in [1.82, 2.24) is 14.5 Å². The van der Waals surface area contributed by atoms with Crippen LogP contribution in [0.3, 0.4) is 0 Å². The highest BCUT2D eigenvalue weighted by molar-refractivity contribution is 5.78. The standard InChI is InChI=1S/C30H35FN4O4/c1-37-27-8-5-9-28(38-2)29(27)39-20-24(36)19-34-16-14-23(15-17-34)32-30-33-25-6-3-4-7-26(25)35(30)18-21-10-12-22(31)13-11-21/h3-13,23-24,36H,14-20H2,1-2H3,(H,32,33). The van der Waals surface area contributed by atoms with Crippen LogP contribution in [-0.4, -0.2) is 72.2 Å². The minimum atomic E-state index is -0.649. The maximum atomic E-state index is 13.4. The Bertz CT molecular complexity index is 1350. The highest BCUT2D eigenvalue weighted by Crippen LogP contribution is 2.36. The number of piperidine rings is 1. The molecule has 1 fully saturated rings. The molecule has 206 valence electrons. The van der Waals surface area contributed by atoms with Crippen molar-refractivity contribution >= 4 is 17.0 Å². The van der Waals surface area contributed by atoms with Crippen molar-refractivity contribution in [2.45, 2.75) is 31.5 Å². The fourth-order valence-corrected chi connectivity index (χ4v) is 5.05. The van der Waals surface area contributed by atoms with E-state index in [9.17, 15) is 9.50 Å². The maximum absolute atomic E-state index is 13.4. The minimum Gasteiger partial charge on any atom is -0.493 e. The SMILES string of the molecule is COc1cccc(OC)c1OCC(O)CN1CCC(Nc2nc3ccccc3n2Cc2ccc(F)cc2)CC1. The minimum absolute atomic E-state index is 0.141. The lowest BCUT2D eigenvalue weighted by atomic mass is 10.0. The van der Waals surface area contributed by atoms with Crippen molar-refractivity contribution < 1.29 is 23.7 Å². The molecule has 2 heterocycles. The van der Waals surface area contributed by atoms with Gasteiger partial charge in [0, 0.05) is 25.7 Å². The van der Waals surface area contributed by atoms with Gasteiger partial charge in [-0.3, -0.25) is 0 Å². The number of methoxy groups -OCH3 is 2. The summed E-state index contributed by atoms with van der Waals surface area (Å²) in [4.78, 5) is 7.11. The fourth-order valence-electron chi connectivity index (χ4n) is 5.05. The van der Waals surface area contributed by atoms with E-state index < -0.39 is 6.10 Å². The molecule has 0 bridgehead atoms. The van der Waals surface area contributed by atoms with Crippen molar-refractivity contribution in [2.24, 2.45) is 0 Å². The van der Waals surface area contributed by atoms with E-state index in [1.807, 2.05) is 36.4 Å². The smallest absolute Gasteiger partial charge is 0.204 e. The molecule has 1 unspecified atom stereocenters. The number of aliphatic hydroxyl groups excluding tert-OH is 1. The van der Waals surface area contributed by atoms with E-state index in [2.05, 4.69) is 20.9 Å². The molecule has 4 aromatic rings. The van der Waals surface area contributed by atoms with Crippen molar-refractivity contribution in [3.8, 4) is 17.2 Å². The zero-order chi connectivity index (χ0) is 27.2. The van der Waals surface area contributed by atoms with Crippen LogP contribution >= 0.6 is 0 Å². The van der Waals surface area contributed by atoms with Crippen molar-refractivity contribution in [2.75, 3.05) is 45.8 Å². The number of aliphatic hydroxyl groups is 1. The first-order chi connectivity index (χ1) is 19.0. The third-order valence-corrected chi connectivity index (χ3v) is 7.10. The molecule has 1 saturated heterocycles. The van der Waals surface area contributed by atoms with E-state index in [-0.39, 0.29) is 18.5 Å². The summed E-state index contributed by atoms with van der Waals surface area (Å²) in [6.45, 7) is 2.97. The Morgan fingerprint density at radius 2 is 1.67 bits per heavy atom. The highest BCUT2D eigenvalue weighted by Gasteiger charge is 2.24. The average Bonchev–Trinajstić information content (AvgIpc) is 3.30. The highest BCUT2D eigenvalue weighted by atomic mass is 19.1. The van der Waals surface area contributed by atoms with Crippen LogP contribution in [0.2, 0.25) is 0 Å². The van der Waals surface area contributed by atoms with E-state index in [1.54, 1.807) is 26.4 Å². The average molecular weight is 535 g/mol. The number of nitrogens with zero attached hydrogens (tertiary/aromatic N) is 3. The molecule has 0 saturated carbocycles. The van der Waals surface area contributed by atoms with E-state index in [0.29, 0.717) is 30.3 Å². The van der Waals surface area contributed by atoms with Gasteiger partial charge in [-0.2, -0.15) is 0 Å². The molecule has 0 amide bonds. The van der Waals surface area contributed by atoms with E-state index in [0.717, 1.165) is 48.5 Å². The quantitative estimate of drug-likeness (QED) is 0.292. The van der Waals surface area contributed by atoms with Gasteiger partial charge in [-0.15, -0.1) is 0 Å². The first kappa shape index (κ1) is 26.8. The number of likely N-dealkylation sites (tertiary alicyclic amines) is 1. The number of hydrogen-bond acceptors (Lipinski definition) is 7. The largest absolute Gasteiger partial charge is 0.493 e. The molecule has 1 aliphatic heterocycles. The molecule has 0 spiro atoms. The molecular weight excluding hydrogens is 499 g/mol. The predicted octanol–water partition coefficient (Wildman–Crippen LogP) is 4.56. The summed E-state index contributed by atoms with van der Waals surface area (Å²) in [5, 5.41) is 14.3. The number of fused-ring (bicyclic) bond motifs is 1. The summed E-state index contributed by atoms with van der Waals surface area (Å²) in [6, 6.07) is 20.4. The molecule has 5 rings (SSSR count). The summed E-state index contributed by atoms with van der Waals surface area (Å²) in [5.74, 6) is 2.21. The lowest BCUT2D eigenvalue weighted by Gasteiger charge is -2.33. The number of aromatic nitrogens is 2. The van der Waals surface area contributed by atoms with Crippen LogP contribution in [0.5, 0.6) is 17.2 Å². The summed E-state index contributed by atoms with van der Waals surface area (Å²) >= 11 is 0. The number of halogens is 1. The van der Waals surface area contributed by atoms with Crippen LogP contribution in [-0.2, 0) is 6.54 Å². The summed E-state index contributed by atoms with van der Waals surface area (Å²) in [7, 11) is 3.15. The van der Waals surface area contributed by atoms with Crippen molar-refractivity contribution in [1.29, 1.82) is 0 Å². The second-order valence-electron chi connectivity index (χ2n) is 9.81. The molecule has 9 heteroatoms. The van der Waals surface area contributed by atoms with Gasteiger partial charge < -0.3 is 34.1 Å². The Morgan fingerprint density at radius 3 is 2.36 bits per heavy atom. The first-order valence-corrected chi connectivity index (χ1v) is 13.2. The lowest BCUT2D eigenvalue weighted by molar-refractivity contribution is 0.0586. The number of nitrogens with one attached hydrogen (secondary N) is 1. The number of ether oxygens (including phenoxy) is 3. The summed E-state index contributed by atoms with van der Waals surface area (Å²) in [6.07, 6.45) is 1.20. The van der Waals surface area contributed by atoms with Crippen molar-refractivity contribution in [3.05, 3.63) is 78.1 Å². The monoisotopic (exact) mass is 534 g/mol. The van der Waals surface area contributed by atoms with Crippen LogP contribution in [0.15, 0.2) is 66.7 Å². The summed E-state index contributed by atoms with van der Waals surface area (Å²) < 4.78 is 32.2. The molecule has 3 aromatic carbocycles. The van der Waals surface area contributed by atoms with Crippen LogP contribution in [0.1, 0.15) is 18.4 Å². The Hall–Kier alpha value is -3.82. The molecule has 0 radical (unpaired) electrons. The maximum Gasteiger partial charge on any atom is 0.204 e. The van der Waals surface area contributed by atoms with Crippen molar-refractivity contribution in [3.63, 3.8) is 0 Å². The number of rotatable bonds is 11. The molecular formula is C30H35FN4O4. The van der Waals surface area contributed by atoms with Crippen LogP contribution < -0.4 is 19.5 Å². The number of para-hydroxylation sites is 3. The molecule has 8 nitrogen and oxygen atoms in total. The number of imidazole rings is 1. The Morgan fingerprint density at radius 1 is 0.974 bits per heavy atom. The predicted molar refractivity (Wildman–Crippen MR) is 149 cm³/mol. The van der Waals surface area contributed by atoms with Gasteiger partial charge in [-0.1, -0.05) is 30.3 Å². The third kappa shape index (κ3) is 6.43. The Labute approximate surface area is 227 Å². The molecule has 1 atom stereocenters. The van der Waals surface area contributed by atoms with Crippen LogP contribution in [0, 0.1) is 5.82 Å². The molecule has 0 aliphatic carbocycles. The van der Waals surface area contributed by atoms with Crippen LogP contribution in [0.4, 0.5) is 10.3 Å².